The van der Waals surface area contributed by atoms with Gasteiger partial charge in [-0.05, 0) is 36.1 Å². The Morgan fingerprint density at radius 2 is 2.20 bits per heavy atom. The van der Waals surface area contributed by atoms with Gasteiger partial charge in [-0.25, -0.2) is 13.1 Å². The van der Waals surface area contributed by atoms with Gasteiger partial charge in [-0.15, -0.1) is 11.3 Å². The molecule has 2 aromatic rings. The molecule has 25 heavy (non-hydrogen) atoms. The lowest BCUT2D eigenvalue weighted by molar-refractivity contribution is 0.0786. The number of rotatable bonds is 6. The summed E-state index contributed by atoms with van der Waals surface area (Å²) in [5.74, 6) is -0.213. The van der Waals surface area contributed by atoms with Gasteiger partial charge in [-0.2, -0.15) is 0 Å². The Morgan fingerprint density at radius 1 is 1.36 bits per heavy atom. The molecule has 1 saturated heterocycles. The standard InChI is InChI=1S/C17H20N2O4S2/c1-19(11-15-5-3-9-24-15)17(20)13-4-2-6-16(10-13)25(21,22)18-14-7-8-23-12-14/h2-6,9-10,14,18H,7-8,11-12H2,1H3/t14-/m0/s1. The van der Waals surface area contributed by atoms with Crippen molar-refractivity contribution in [1.82, 2.24) is 9.62 Å². The zero-order chi connectivity index (χ0) is 17.9. The minimum absolute atomic E-state index is 0.0924. The highest BCUT2D eigenvalue weighted by Gasteiger charge is 2.24. The number of hydrogen-bond donors (Lipinski definition) is 1. The lowest BCUT2D eigenvalue weighted by atomic mass is 10.2. The number of carbonyl (C=O) groups is 1. The van der Waals surface area contributed by atoms with Crippen LogP contribution in [-0.2, 0) is 21.3 Å². The lowest BCUT2D eigenvalue weighted by Gasteiger charge is -2.17. The third kappa shape index (κ3) is 4.46. The van der Waals surface area contributed by atoms with Crippen molar-refractivity contribution in [2.45, 2.75) is 23.9 Å². The van der Waals surface area contributed by atoms with Crippen LogP contribution >= 0.6 is 11.3 Å². The first-order valence-corrected chi connectivity index (χ1v) is 10.3. The van der Waals surface area contributed by atoms with Crippen LogP contribution in [0.1, 0.15) is 21.7 Å². The largest absolute Gasteiger partial charge is 0.380 e. The van der Waals surface area contributed by atoms with Gasteiger partial charge in [0.05, 0.1) is 18.0 Å². The quantitative estimate of drug-likeness (QED) is 0.833. The van der Waals surface area contributed by atoms with E-state index in [-0.39, 0.29) is 16.8 Å². The van der Waals surface area contributed by atoms with Crippen LogP contribution in [0.15, 0.2) is 46.7 Å². The summed E-state index contributed by atoms with van der Waals surface area (Å²) < 4.78 is 32.8. The molecule has 0 bridgehead atoms. The van der Waals surface area contributed by atoms with Gasteiger partial charge < -0.3 is 9.64 Å². The normalized spacial score (nSPS) is 17.6. The fraction of sp³-hybridized carbons (Fsp3) is 0.353. The van der Waals surface area contributed by atoms with E-state index in [0.29, 0.717) is 31.7 Å². The average molecular weight is 380 g/mol. The predicted octanol–water partition coefficient (Wildman–Crippen LogP) is 2.09. The molecule has 0 saturated carbocycles. The van der Waals surface area contributed by atoms with Crippen LogP contribution in [0.25, 0.3) is 0 Å². The summed E-state index contributed by atoms with van der Waals surface area (Å²) in [6, 6.07) is 9.81. The number of carbonyl (C=O) groups excluding carboxylic acids is 1. The number of nitrogens with zero attached hydrogens (tertiary/aromatic N) is 1. The molecule has 1 aliphatic rings. The Hall–Kier alpha value is -1.74. The van der Waals surface area contributed by atoms with Crippen LogP contribution < -0.4 is 4.72 Å². The van der Waals surface area contributed by atoms with Crippen molar-refractivity contribution in [1.29, 1.82) is 0 Å². The maximum atomic E-state index is 12.6. The van der Waals surface area contributed by atoms with E-state index >= 15 is 0 Å². The third-order valence-electron chi connectivity index (χ3n) is 3.96. The van der Waals surface area contributed by atoms with E-state index in [1.165, 1.54) is 12.1 Å². The molecule has 3 rings (SSSR count). The van der Waals surface area contributed by atoms with Crippen molar-refractivity contribution in [3.63, 3.8) is 0 Å². The monoisotopic (exact) mass is 380 g/mol. The van der Waals surface area contributed by atoms with Crippen molar-refractivity contribution in [2.75, 3.05) is 20.3 Å². The minimum Gasteiger partial charge on any atom is -0.380 e. The van der Waals surface area contributed by atoms with E-state index in [0.717, 1.165) is 4.88 Å². The molecule has 0 aliphatic carbocycles. The molecular weight excluding hydrogens is 360 g/mol. The maximum Gasteiger partial charge on any atom is 0.253 e. The first-order valence-electron chi connectivity index (χ1n) is 7.94. The molecule has 8 heteroatoms. The van der Waals surface area contributed by atoms with Gasteiger partial charge in [0, 0.05) is 30.1 Å². The summed E-state index contributed by atoms with van der Waals surface area (Å²) >= 11 is 1.58. The Bertz CT molecular complexity index is 828. The Balaban J connectivity index is 1.74. The number of benzene rings is 1. The fourth-order valence-corrected chi connectivity index (χ4v) is 4.70. The summed E-state index contributed by atoms with van der Waals surface area (Å²) in [4.78, 5) is 15.3. The molecule has 1 aliphatic heterocycles. The van der Waals surface area contributed by atoms with Crippen molar-refractivity contribution >= 4 is 27.3 Å². The van der Waals surface area contributed by atoms with Crippen molar-refractivity contribution in [3.05, 3.63) is 52.2 Å². The predicted molar refractivity (Wildman–Crippen MR) is 96.1 cm³/mol. The number of nitrogens with one attached hydrogen (secondary N) is 1. The zero-order valence-electron chi connectivity index (χ0n) is 13.8. The Kier molecular flexibility index (Phi) is 5.53. The van der Waals surface area contributed by atoms with Gasteiger partial charge >= 0.3 is 0 Å². The maximum absolute atomic E-state index is 12.6. The van der Waals surface area contributed by atoms with Crippen LogP contribution in [0.2, 0.25) is 0 Å². The molecule has 2 heterocycles. The zero-order valence-corrected chi connectivity index (χ0v) is 15.5. The highest BCUT2D eigenvalue weighted by molar-refractivity contribution is 7.89. The summed E-state index contributed by atoms with van der Waals surface area (Å²) in [6.45, 7) is 1.42. The van der Waals surface area contributed by atoms with Gasteiger partial charge in [-0.1, -0.05) is 12.1 Å². The average Bonchev–Trinajstić information content (AvgIpc) is 3.28. The molecule has 1 fully saturated rings. The van der Waals surface area contributed by atoms with E-state index < -0.39 is 10.0 Å². The SMILES string of the molecule is CN(Cc1cccs1)C(=O)c1cccc(S(=O)(=O)N[C@H]2CCOC2)c1. The smallest absolute Gasteiger partial charge is 0.253 e. The van der Waals surface area contributed by atoms with Gasteiger partial charge in [0.15, 0.2) is 0 Å². The first-order chi connectivity index (χ1) is 12.0. The van der Waals surface area contributed by atoms with Crippen LogP contribution in [0.5, 0.6) is 0 Å². The summed E-state index contributed by atoms with van der Waals surface area (Å²) in [5, 5.41) is 1.96. The van der Waals surface area contributed by atoms with Crippen molar-refractivity contribution in [2.24, 2.45) is 0 Å². The van der Waals surface area contributed by atoms with Crippen LogP contribution in [-0.4, -0.2) is 45.5 Å². The van der Waals surface area contributed by atoms with E-state index in [1.54, 1.807) is 35.4 Å². The highest BCUT2D eigenvalue weighted by Crippen LogP contribution is 2.17. The molecule has 134 valence electrons. The highest BCUT2D eigenvalue weighted by atomic mass is 32.2. The number of ether oxygens (including phenoxy) is 1. The number of hydrogen-bond acceptors (Lipinski definition) is 5. The van der Waals surface area contributed by atoms with E-state index in [2.05, 4.69) is 4.72 Å². The van der Waals surface area contributed by atoms with Gasteiger partial charge in [0.1, 0.15) is 0 Å². The summed E-state index contributed by atoms with van der Waals surface area (Å²) in [7, 11) is -1.97. The van der Waals surface area contributed by atoms with Crippen molar-refractivity contribution in [3.8, 4) is 0 Å². The van der Waals surface area contributed by atoms with Crippen LogP contribution in [0, 0.1) is 0 Å². The molecule has 1 amide bonds. The minimum atomic E-state index is -3.67. The lowest BCUT2D eigenvalue weighted by Crippen LogP contribution is -2.35. The molecule has 6 nitrogen and oxygen atoms in total. The summed E-state index contributed by atoms with van der Waals surface area (Å²) in [6.07, 6.45) is 0.654. The number of sulfonamides is 1. The van der Waals surface area contributed by atoms with Gasteiger partial charge in [-0.3, -0.25) is 4.79 Å². The fourth-order valence-electron chi connectivity index (χ4n) is 2.64. The second kappa shape index (κ2) is 7.65. The molecule has 0 spiro atoms. The molecule has 1 atom stereocenters. The number of amides is 1. The van der Waals surface area contributed by atoms with Crippen LogP contribution in [0.4, 0.5) is 0 Å². The third-order valence-corrected chi connectivity index (χ3v) is 6.34. The molecule has 0 radical (unpaired) electrons. The van der Waals surface area contributed by atoms with Crippen LogP contribution in [0.3, 0.4) is 0 Å². The van der Waals surface area contributed by atoms with Gasteiger partial charge in [0.2, 0.25) is 10.0 Å². The molecule has 1 aromatic carbocycles. The Morgan fingerprint density at radius 3 is 2.88 bits per heavy atom. The molecule has 1 aromatic heterocycles. The first kappa shape index (κ1) is 18.1. The number of thiophene rings is 1. The summed E-state index contributed by atoms with van der Waals surface area (Å²) in [5.41, 5.74) is 0.351. The molecule has 1 N–H and O–H groups in total. The van der Waals surface area contributed by atoms with E-state index in [4.69, 9.17) is 4.74 Å². The van der Waals surface area contributed by atoms with Gasteiger partial charge in [0.25, 0.3) is 5.91 Å². The van der Waals surface area contributed by atoms with E-state index in [9.17, 15) is 13.2 Å². The second-order valence-electron chi connectivity index (χ2n) is 5.95. The topological polar surface area (TPSA) is 75.7 Å². The Labute approximate surface area is 151 Å². The second-order valence-corrected chi connectivity index (χ2v) is 8.70. The van der Waals surface area contributed by atoms with Crippen molar-refractivity contribution < 1.29 is 17.9 Å². The molecule has 0 unspecified atom stereocenters. The molecular formula is C17H20N2O4S2. The van der Waals surface area contributed by atoms with E-state index in [1.807, 2.05) is 17.5 Å².